The number of hydrogen-bond donors (Lipinski definition) is 3. The Balaban J connectivity index is 4.35. The van der Waals surface area contributed by atoms with Gasteiger partial charge in [0.15, 0.2) is 0 Å². The molecule has 0 fully saturated rings. The van der Waals surface area contributed by atoms with Gasteiger partial charge in [-0.15, -0.1) is 0 Å². The highest BCUT2D eigenvalue weighted by molar-refractivity contribution is 5.80. The van der Waals surface area contributed by atoms with Crippen LogP contribution in [0, 0.1) is 5.41 Å². The van der Waals surface area contributed by atoms with Gasteiger partial charge in [-0.25, -0.2) is 0 Å². The smallest absolute Gasteiger partial charge is 0.236 e. The van der Waals surface area contributed by atoms with E-state index in [9.17, 15) is 4.79 Å². The van der Waals surface area contributed by atoms with E-state index < -0.39 is 0 Å². The number of carbonyl (C=O) groups excluding carboxylic acids is 1. The molecule has 0 aliphatic carbocycles. The molecule has 0 rings (SSSR count). The van der Waals surface area contributed by atoms with Gasteiger partial charge in [-0.1, -0.05) is 20.8 Å². The molecule has 3 N–H and O–H groups in total. The second-order valence-electron chi connectivity index (χ2n) is 4.93. The minimum absolute atomic E-state index is 0.0258. The molecule has 0 aromatic heterocycles. The highest BCUT2D eigenvalue weighted by Crippen LogP contribution is 2.21. The van der Waals surface area contributed by atoms with Crippen molar-refractivity contribution < 1.29 is 9.90 Å². The number of aliphatic hydroxyl groups is 1. The van der Waals surface area contributed by atoms with E-state index in [0.29, 0.717) is 6.42 Å². The van der Waals surface area contributed by atoms with E-state index in [1.807, 2.05) is 6.92 Å². The zero-order valence-electron chi connectivity index (χ0n) is 10.4. The number of aliphatic hydroxyl groups excluding tert-OH is 1. The molecule has 15 heavy (non-hydrogen) atoms. The lowest BCUT2D eigenvalue weighted by Gasteiger charge is -2.33. The van der Waals surface area contributed by atoms with Crippen molar-refractivity contribution in [3.63, 3.8) is 0 Å². The van der Waals surface area contributed by atoms with Crippen LogP contribution in [0.3, 0.4) is 0 Å². The summed E-state index contributed by atoms with van der Waals surface area (Å²) in [6.45, 7) is 8.25. The minimum atomic E-state index is -0.231. The van der Waals surface area contributed by atoms with E-state index in [1.54, 1.807) is 7.05 Å². The Labute approximate surface area is 92.4 Å². The SMILES string of the molecule is CNC(=O)C(C)NC(CCO)C(C)(C)C. The summed E-state index contributed by atoms with van der Waals surface area (Å²) in [5.41, 5.74) is 0.0327. The normalized spacial score (nSPS) is 15.9. The van der Waals surface area contributed by atoms with E-state index in [-0.39, 0.29) is 30.0 Å². The van der Waals surface area contributed by atoms with Crippen LogP contribution in [0.2, 0.25) is 0 Å². The summed E-state index contributed by atoms with van der Waals surface area (Å²) in [5.74, 6) is -0.0258. The lowest BCUT2D eigenvalue weighted by molar-refractivity contribution is -0.122. The zero-order valence-corrected chi connectivity index (χ0v) is 10.4. The molecule has 1 amide bonds. The second-order valence-corrected chi connectivity index (χ2v) is 4.93. The zero-order chi connectivity index (χ0) is 12.1. The molecule has 0 aliphatic heterocycles. The van der Waals surface area contributed by atoms with Gasteiger partial charge >= 0.3 is 0 Å². The van der Waals surface area contributed by atoms with Crippen LogP contribution in [0.15, 0.2) is 0 Å². The van der Waals surface area contributed by atoms with Crippen LogP contribution in [0.4, 0.5) is 0 Å². The van der Waals surface area contributed by atoms with Crippen LogP contribution in [-0.2, 0) is 4.79 Å². The average Bonchev–Trinajstić information content (AvgIpc) is 2.14. The summed E-state index contributed by atoms with van der Waals surface area (Å²) in [7, 11) is 1.62. The van der Waals surface area contributed by atoms with Crippen molar-refractivity contribution in [2.45, 2.75) is 46.2 Å². The summed E-state index contributed by atoms with van der Waals surface area (Å²) in [6, 6.07) is -0.0967. The Bertz CT molecular complexity index is 199. The third kappa shape index (κ3) is 5.14. The fraction of sp³-hybridized carbons (Fsp3) is 0.909. The highest BCUT2D eigenvalue weighted by atomic mass is 16.3. The van der Waals surface area contributed by atoms with Gasteiger partial charge in [0.1, 0.15) is 0 Å². The average molecular weight is 216 g/mol. The number of hydrogen-bond acceptors (Lipinski definition) is 3. The minimum Gasteiger partial charge on any atom is -0.396 e. The van der Waals surface area contributed by atoms with E-state index in [2.05, 4.69) is 31.4 Å². The Kier molecular flexibility index (Phi) is 5.83. The first-order valence-corrected chi connectivity index (χ1v) is 5.41. The van der Waals surface area contributed by atoms with Gasteiger partial charge in [-0.05, 0) is 18.8 Å². The summed E-state index contributed by atoms with van der Waals surface area (Å²) in [4.78, 5) is 11.3. The quantitative estimate of drug-likeness (QED) is 0.627. The first kappa shape index (κ1) is 14.4. The molecule has 4 nitrogen and oxygen atoms in total. The van der Waals surface area contributed by atoms with Crippen molar-refractivity contribution in [3.05, 3.63) is 0 Å². The third-order valence-electron chi connectivity index (χ3n) is 2.55. The van der Waals surface area contributed by atoms with Crippen LogP contribution in [-0.4, -0.2) is 36.8 Å². The molecule has 0 aromatic carbocycles. The second kappa shape index (κ2) is 6.08. The summed E-state index contributed by atoms with van der Waals surface area (Å²) >= 11 is 0. The molecule has 0 saturated heterocycles. The Morgan fingerprint density at radius 3 is 2.27 bits per heavy atom. The molecule has 90 valence electrons. The molecule has 0 saturated carbocycles. The van der Waals surface area contributed by atoms with Crippen molar-refractivity contribution in [2.75, 3.05) is 13.7 Å². The number of carbonyl (C=O) groups is 1. The van der Waals surface area contributed by atoms with Gasteiger partial charge in [0.2, 0.25) is 5.91 Å². The van der Waals surface area contributed by atoms with Crippen molar-refractivity contribution in [2.24, 2.45) is 5.41 Å². The van der Waals surface area contributed by atoms with Crippen molar-refractivity contribution >= 4 is 5.91 Å². The van der Waals surface area contributed by atoms with Crippen LogP contribution < -0.4 is 10.6 Å². The molecule has 0 heterocycles. The molecule has 2 unspecified atom stereocenters. The fourth-order valence-electron chi connectivity index (χ4n) is 1.49. The lowest BCUT2D eigenvalue weighted by atomic mass is 9.84. The number of rotatable bonds is 5. The maximum absolute atomic E-state index is 11.3. The predicted molar refractivity (Wildman–Crippen MR) is 61.6 cm³/mol. The Morgan fingerprint density at radius 1 is 1.40 bits per heavy atom. The van der Waals surface area contributed by atoms with E-state index in [4.69, 9.17) is 5.11 Å². The molecule has 0 bridgehead atoms. The monoisotopic (exact) mass is 216 g/mol. The Morgan fingerprint density at radius 2 is 1.93 bits per heavy atom. The number of nitrogens with one attached hydrogen (secondary N) is 2. The molecular weight excluding hydrogens is 192 g/mol. The summed E-state index contributed by atoms with van der Waals surface area (Å²) < 4.78 is 0. The molecule has 0 aliphatic rings. The van der Waals surface area contributed by atoms with Crippen LogP contribution in [0.25, 0.3) is 0 Å². The van der Waals surface area contributed by atoms with Gasteiger partial charge in [0.25, 0.3) is 0 Å². The number of likely N-dealkylation sites (N-methyl/N-ethyl adjacent to an activating group) is 1. The van der Waals surface area contributed by atoms with E-state index in [1.165, 1.54) is 0 Å². The molecule has 0 aromatic rings. The maximum Gasteiger partial charge on any atom is 0.236 e. The number of amides is 1. The third-order valence-corrected chi connectivity index (χ3v) is 2.55. The largest absolute Gasteiger partial charge is 0.396 e. The van der Waals surface area contributed by atoms with E-state index in [0.717, 1.165) is 0 Å². The van der Waals surface area contributed by atoms with Crippen molar-refractivity contribution in [3.8, 4) is 0 Å². The summed E-state index contributed by atoms with van der Waals surface area (Å²) in [5, 5.41) is 14.8. The van der Waals surface area contributed by atoms with Gasteiger partial charge in [0.05, 0.1) is 6.04 Å². The summed E-state index contributed by atoms with van der Waals surface area (Å²) in [6.07, 6.45) is 0.658. The van der Waals surface area contributed by atoms with Gasteiger partial charge in [0, 0.05) is 19.7 Å². The van der Waals surface area contributed by atoms with Crippen LogP contribution >= 0.6 is 0 Å². The molecule has 4 heteroatoms. The standard InChI is InChI=1S/C11H24N2O2/c1-8(10(15)12-5)13-9(6-7-14)11(2,3)4/h8-9,13-14H,6-7H2,1-5H3,(H,12,15). The van der Waals surface area contributed by atoms with E-state index >= 15 is 0 Å². The molecular formula is C11H24N2O2. The fourth-order valence-corrected chi connectivity index (χ4v) is 1.49. The van der Waals surface area contributed by atoms with Crippen LogP contribution in [0.1, 0.15) is 34.1 Å². The highest BCUT2D eigenvalue weighted by Gasteiger charge is 2.26. The first-order chi connectivity index (χ1) is 6.82. The Hall–Kier alpha value is -0.610. The first-order valence-electron chi connectivity index (χ1n) is 5.41. The van der Waals surface area contributed by atoms with Gasteiger partial charge in [-0.3, -0.25) is 4.79 Å². The maximum atomic E-state index is 11.3. The topological polar surface area (TPSA) is 61.4 Å². The molecule has 0 radical (unpaired) electrons. The van der Waals surface area contributed by atoms with Gasteiger partial charge < -0.3 is 15.7 Å². The van der Waals surface area contributed by atoms with Crippen LogP contribution in [0.5, 0.6) is 0 Å². The molecule has 2 atom stereocenters. The lowest BCUT2D eigenvalue weighted by Crippen LogP contribution is -2.50. The molecule has 0 spiro atoms. The van der Waals surface area contributed by atoms with Gasteiger partial charge in [-0.2, -0.15) is 0 Å². The predicted octanol–water partition coefficient (Wildman–Crippen LogP) is 0.508. The van der Waals surface area contributed by atoms with Crippen molar-refractivity contribution in [1.29, 1.82) is 0 Å². The van der Waals surface area contributed by atoms with Crippen molar-refractivity contribution in [1.82, 2.24) is 10.6 Å².